The van der Waals surface area contributed by atoms with Gasteiger partial charge in [0.2, 0.25) is 0 Å². The minimum absolute atomic E-state index is 0.0233. The van der Waals surface area contributed by atoms with E-state index in [0.29, 0.717) is 6.54 Å². The second kappa shape index (κ2) is 5.70. The lowest BCUT2D eigenvalue weighted by atomic mass is 9.96. The first kappa shape index (κ1) is 12.8. The van der Waals surface area contributed by atoms with Crippen LogP contribution in [0.15, 0.2) is 18.2 Å². The summed E-state index contributed by atoms with van der Waals surface area (Å²) in [6.45, 7) is 2.28. The Morgan fingerprint density at radius 2 is 2.12 bits per heavy atom. The molecule has 1 unspecified atom stereocenters. The third kappa shape index (κ3) is 3.10. The standard InChI is InChI=1S/C12H15F2NO/c1-2-8(7-15)5-12(16)10-6-9(13)3-4-11(10)14/h3-4,6,8H,2,5,7,15H2,1H3. The van der Waals surface area contributed by atoms with Crippen molar-refractivity contribution in [2.24, 2.45) is 11.7 Å². The smallest absolute Gasteiger partial charge is 0.166 e. The van der Waals surface area contributed by atoms with Crippen molar-refractivity contribution in [2.45, 2.75) is 19.8 Å². The van der Waals surface area contributed by atoms with Gasteiger partial charge in [-0.05, 0) is 30.7 Å². The van der Waals surface area contributed by atoms with Gasteiger partial charge in [0, 0.05) is 6.42 Å². The van der Waals surface area contributed by atoms with E-state index < -0.39 is 17.4 Å². The average molecular weight is 227 g/mol. The van der Waals surface area contributed by atoms with Gasteiger partial charge >= 0.3 is 0 Å². The number of rotatable bonds is 5. The Bertz CT molecular complexity index is 375. The maximum absolute atomic E-state index is 13.3. The highest BCUT2D eigenvalue weighted by atomic mass is 19.1. The predicted molar refractivity (Wildman–Crippen MR) is 58.1 cm³/mol. The Hall–Kier alpha value is -1.29. The third-order valence-electron chi connectivity index (χ3n) is 2.61. The molecule has 0 heterocycles. The minimum atomic E-state index is -0.682. The van der Waals surface area contributed by atoms with Crippen molar-refractivity contribution < 1.29 is 13.6 Å². The van der Waals surface area contributed by atoms with E-state index >= 15 is 0 Å². The van der Waals surface area contributed by atoms with Gasteiger partial charge in [-0.1, -0.05) is 13.3 Å². The van der Waals surface area contributed by atoms with E-state index in [4.69, 9.17) is 5.73 Å². The first-order valence-corrected chi connectivity index (χ1v) is 5.26. The molecule has 0 spiro atoms. The molecule has 0 amide bonds. The van der Waals surface area contributed by atoms with E-state index in [1.54, 1.807) is 0 Å². The third-order valence-corrected chi connectivity index (χ3v) is 2.61. The van der Waals surface area contributed by atoms with E-state index in [9.17, 15) is 13.6 Å². The molecule has 4 heteroatoms. The fraction of sp³-hybridized carbons (Fsp3) is 0.417. The van der Waals surface area contributed by atoms with Crippen molar-refractivity contribution in [1.29, 1.82) is 0 Å². The number of Topliss-reactive ketones (excluding diaryl/α,β-unsaturated/α-hetero) is 1. The lowest BCUT2D eigenvalue weighted by Crippen LogP contribution is -2.18. The van der Waals surface area contributed by atoms with Crippen LogP contribution in [0.1, 0.15) is 30.1 Å². The quantitative estimate of drug-likeness (QED) is 0.785. The highest BCUT2D eigenvalue weighted by Gasteiger charge is 2.16. The van der Waals surface area contributed by atoms with Crippen LogP contribution < -0.4 is 5.73 Å². The molecule has 0 radical (unpaired) electrons. The second-order valence-electron chi connectivity index (χ2n) is 3.76. The lowest BCUT2D eigenvalue weighted by molar-refractivity contribution is 0.0957. The minimum Gasteiger partial charge on any atom is -0.330 e. The molecule has 0 aliphatic carbocycles. The summed E-state index contributed by atoms with van der Waals surface area (Å²) in [7, 11) is 0. The van der Waals surface area contributed by atoms with Crippen LogP contribution in [-0.4, -0.2) is 12.3 Å². The van der Waals surface area contributed by atoms with Gasteiger partial charge in [-0.25, -0.2) is 8.78 Å². The average Bonchev–Trinajstić information content (AvgIpc) is 2.28. The van der Waals surface area contributed by atoms with E-state index in [0.717, 1.165) is 24.6 Å². The lowest BCUT2D eigenvalue weighted by Gasteiger charge is -2.11. The molecule has 1 aromatic rings. The van der Waals surface area contributed by atoms with Crippen LogP contribution in [-0.2, 0) is 0 Å². The van der Waals surface area contributed by atoms with Crippen LogP contribution in [0.25, 0.3) is 0 Å². The molecular weight excluding hydrogens is 212 g/mol. The Morgan fingerprint density at radius 3 is 2.69 bits per heavy atom. The number of hydrogen-bond acceptors (Lipinski definition) is 2. The number of hydrogen-bond donors (Lipinski definition) is 1. The monoisotopic (exact) mass is 227 g/mol. The van der Waals surface area contributed by atoms with Crippen LogP contribution in [0.2, 0.25) is 0 Å². The molecule has 0 fully saturated rings. The summed E-state index contributed by atoms with van der Waals surface area (Å²) in [4.78, 5) is 11.7. The molecule has 0 bridgehead atoms. The molecule has 0 saturated carbocycles. The van der Waals surface area contributed by atoms with Crippen LogP contribution in [0.5, 0.6) is 0 Å². The molecular formula is C12H15F2NO. The number of carbonyl (C=O) groups is 1. The fourth-order valence-corrected chi connectivity index (χ4v) is 1.48. The molecule has 2 nitrogen and oxygen atoms in total. The van der Waals surface area contributed by atoms with Gasteiger partial charge in [0.15, 0.2) is 5.78 Å². The molecule has 16 heavy (non-hydrogen) atoms. The highest BCUT2D eigenvalue weighted by molar-refractivity contribution is 5.96. The molecule has 0 saturated heterocycles. The van der Waals surface area contributed by atoms with Crippen LogP contribution in [0, 0.1) is 17.6 Å². The maximum Gasteiger partial charge on any atom is 0.166 e. The maximum atomic E-state index is 13.3. The number of ketones is 1. The van der Waals surface area contributed by atoms with Gasteiger partial charge in [0.1, 0.15) is 11.6 Å². The number of benzene rings is 1. The summed E-state index contributed by atoms with van der Waals surface area (Å²) < 4.78 is 26.1. The van der Waals surface area contributed by atoms with Crippen molar-refractivity contribution in [1.82, 2.24) is 0 Å². The SMILES string of the molecule is CCC(CN)CC(=O)c1cc(F)ccc1F. The molecule has 2 N–H and O–H groups in total. The van der Waals surface area contributed by atoms with Crippen LogP contribution in [0.4, 0.5) is 8.78 Å². The van der Waals surface area contributed by atoms with Gasteiger partial charge in [-0.3, -0.25) is 4.79 Å². The largest absolute Gasteiger partial charge is 0.330 e. The van der Waals surface area contributed by atoms with Crippen molar-refractivity contribution >= 4 is 5.78 Å². The number of halogens is 2. The van der Waals surface area contributed by atoms with Crippen molar-refractivity contribution in [3.63, 3.8) is 0 Å². The van der Waals surface area contributed by atoms with Crippen molar-refractivity contribution in [3.8, 4) is 0 Å². The fourth-order valence-electron chi connectivity index (χ4n) is 1.48. The summed E-state index contributed by atoms with van der Waals surface area (Å²) in [6.07, 6.45) is 0.909. The van der Waals surface area contributed by atoms with Gasteiger partial charge < -0.3 is 5.73 Å². The van der Waals surface area contributed by atoms with Gasteiger partial charge in [-0.15, -0.1) is 0 Å². The summed E-state index contributed by atoms with van der Waals surface area (Å²) in [5, 5.41) is 0. The van der Waals surface area contributed by atoms with Crippen LogP contribution >= 0.6 is 0 Å². The molecule has 1 atom stereocenters. The van der Waals surface area contributed by atoms with E-state index in [1.165, 1.54) is 0 Å². The Kier molecular flexibility index (Phi) is 4.55. The molecule has 88 valence electrons. The van der Waals surface area contributed by atoms with Crippen molar-refractivity contribution in [3.05, 3.63) is 35.4 Å². The zero-order valence-corrected chi connectivity index (χ0v) is 9.17. The highest BCUT2D eigenvalue weighted by Crippen LogP contribution is 2.16. The molecule has 0 aromatic heterocycles. The van der Waals surface area contributed by atoms with Crippen molar-refractivity contribution in [2.75, 3.05) is 6.54 Å². The summed E-state index contributed by atoms with van der Waals surface area (Å²) >= 11 is 0. The van der Waals surface area contributed by atoms with E-state index in [2.05, 4.69) is 0 Å². The van der Waals surface area contributed by atoms with Gasteiger partial charge in [0.25, 0.3) is 0 Å². The number of carbonyl (C=O) groups excluding carboxylic acids is 1. The van der Waals surface area contributed by atoms with E-state index in [1.807, 2.05) is 6.92 Å². The summed E-state index contributed by atoms with van der Waals surface area (Å²) in [5.41, 5.74) is 5.27. The zero-order valence-electron chi connectivity index (χ0n) is 9.17. The topological polar surface area (TPSA) is 43.1 Å². The van der Waals surface area contributed by atoms with E-state index in [-0.39, 0.29) is 17.9 Å². The molecule has 1 rings (SSSR count). The van der Waals surface area contributed by atoms with Gasteiger partial charge in [-0.2, -0.15) is 0 Å². The Morgan fingerprint density at radius 1 is 1.44 bits per heavy atom. The Balaban J connectivity index is 2.83. The second-order valence-corrected chi connectivity index (χ2v) is 3.76. The normalized spacial score (nSPS) is 12.5. The zero-order chi connectivity index (χ0) is 12.1. The molecule has 1 aromatic carbocycles. The van der Waals surface area contributed by atoms with Gasteiger partial charge in [0.05, 0.1) is 5.56 Å². The first-order chi connectivity index (χ1) is 7.58. The molecule has 0 aliphatic rings. The number of nitrogens with two attached hydrogens (primary N) is 1. The first-order valence-electron chi connectivity index (χ1n) is 5.26. The molecule has 0 aliphatic heterocycles. The predicted octanol–water partition coefficient (Wildman–Crippen LogP) is 2.52. The summed E-state index contributed by atoms with van der Waals surface area (Å²) in [6, 6.07) is 2.89. The Labute approximate surface area is 93.5 Å². The van der Waals surface area contributed by atoms with Crippen LogP contribution in [0.3, 0.4) is 0 Å². The summed E-state index contributed by atoms with van der Waals surface area (Å²) in [5.74, 6) is -1.66.